The molecule has 4 N–H and O–H groups in total. The minimum Gasteiger partial charge on any atom is -0.391 e. The fourth-order valence-corrected chi connectivity index (χ4v) is 10.5. The molecule has 14 nitrogen and oxygen atoms in total. The summed E-state index contributed by atoms with van der Waals surface area (Å²) in [5.74, 6) is -1.21. The van der Waals surface area contributed by atoms with Gasteiger partial charge in [0.2, 0.25) is 17.7 Å². The van der Waals surface area contributed by atoms with Gasteiger partial charge in [-0.05, 0) is 75.8 Å². The topological polar surface area (TPSA) is 184 Å². The second-order valence-electron chi connectivity index (χ2n) is 18.4. The van der Waals surface area contributed by atoms with Crippen molar-refractivity contribution in [2.45, 2.75) is 105 Å². The third kappa shape index (κ3) is 10.1. The van der Waals surface area contributed by atoms with Crippen LogP contribution in [-0.4, -0.2) is 96.9 Å². The fraction of sp³-hybridized carbons (Fsp3) is 0.373. The molecule has 5 atom stereocenters. The number of carbonyl (C=O) groups excluding carboxylic acids is 4. The number of amides is 4. The average Bonchev–Trinajstić information content (AvgIpc) is 4.07. The van der Waals surface area contributed by atoms with Crippen LogP contribution in [-0.2, 0) is 14.4 Å². The summed E-state index contributed by atoms with van der Waals surface area (Å²) >= 11 is 3.12. The van der Waals surface area contributed by atoms with Gasteiger partial charge in [-0.3, -0.25) is 28.7 Å². The number of thiazole rings is 1. The van der Waals surface area contributed by atoms with Crippen LogP contribution in [0.4, 0.5) is 4.39 Å². The maximum absolute atomic E-state index is 16.1. The van der Waals surface area contributed by atoms with Gasteiger partial charge in [-0.2, -0.15) is 0 Å². The van der Waals surface area contributed by atoms with Gasteiger partial charge in [-0.1, -0.05) is 81.5 Å². The number of carbonyl (C=O) groups is 4. The number of aliphatic hydroxyl groups is 1. The largest absolute Gasteiger partial charge is 0.391 e. The molecule has 0 radical (unpaired) electrons. The molecule has 5 aromatic rings. The van der Waals surface area contributed by atoms with Gasteiger partial charge in [0.25, 0.3) is 5.91 Å². The van der Waals surface area contributed by atoms with E-state index in [9.17, 15) is 24.3 Å². The van der Waals surface area contributed by atoms with E-state index >= 15 is 4.39 Å². The first-order valence-electron chi connectivity index (χ1n) is 22.4. The van der Waals surface area contributed by atoms with Crippen molar-refractivity contribution in [1.29, 1.82) is 0 Å². The molecular weight excluding hydrogens is 902 g/mol. The first kappa shape index (κ1) is 49.5. The van der Waals surface area contributed by atoms with E-state index < -0.39 is 59.2 Å². The molecule has 0 bridgehead atoms. The van der Waals surface area contributed by atoms with Crippen molar-refractivity contribution in [3.63, 3.8) is 0 Å². The maximum Gasteiger partial charge on any atom is 0.252 e. The van der Waals surface area contributed by atoms with Crippen LogP contribution in [0.15, 0.2) is 83.3 Å². The lowest BCUT2D eigenvalue weighted by Gasteiger charge is -2.35. The number of halogens is 1. The zero-order chi connectivity index (χ0) is 49.4. The molecule has 4 amide bonds. The molecule has 2 aliphatic rings. The number of hydrogen-bond donors (Lipinski definition) is 4. The standard InChI is InChI=1S/C51H58FN9O5S2/c1-12-32(44-29(5)54-25-67-44)14-13-26(2)28(4)55-48(65)40-22-36(62)24-60(40)49(66)45(51(8,9)10)57-47(64)35-19-20-37(38(52)21-35)33-15-17-34(18-16-33)43-42-27(3)30(6)68-50(42)61-31(7)58-59-46(61)39(56-43)23-41(63)53-11/h12-21,25,28,36,39-40,45,62H,1,22-24H2,2-11H3,(H,53,63)(H,55,65)(H,57,64)/b26-13+,32-14+/t28-,36+,39-,40-,45+/m0/s1. The second kappa shape index (κ2) is 20.0. The number of benzene rings is 2. The van der Waals surface area contributed by atoms with Gasteiger partial charge < -0.3 is 26.0 Å². The summed E-state index contributed by atoms with van der Waals surface area (Å²) in [7, 11) is 1.58. The Balaban J connectivity index is 1.07. The Morgan fingerprint density at radius 3 is 2.35 bits per heavy atom. The van der Waals surface area contributed by atoms with E-state index in [4.69, 9.17) is 4.99 Å². The highest BCUT2D eigenvalue weighted by Gasteiger charge is 2.45. The van der Waals surface area contributed by atoms with Crippen LogP contribution in [0, 0.1) is 38.9 Å². The SMILES string of the molecule is C=C/C(=C\C=C(/C)[C@H](C)NC(=O)[C@@H]1C[C@@H](O)CN1C(=O)[C@@H](NC(=O)c1ccc(-c2ccc(C3=N[C@@H](CC(=O)NC)c4nnc(C)n4-c4sc(C)c(C)c43)cc2)c(F)c1)C(C)(C)C)c1scnc1C. The van der Waals surface area contributed by atoms with Crippen molar-refractivity contribution in [1.82, 2.24) is 40.6 Å². The predicted molar refractivity (Wildman–Crippen MR) is 266 cm³/mol. The Bertz CT molecular complexity index is 2880. The smallest absolute Gasteiger partial charge is 0.252 e. The Kier molecular flexibility index (Phi) is 14.6. The monoisotopic (exact) mass is 959 g/mol. The fourth-order valence-electron chi connectivity index (χ4n) is 8.44. The Labute approximate surface area is 404 Å². The summed E-state index contributed by atoms with van der Waals surface area (Å²) in [6.45, 7) is 20.8. The summed E-state index contributed by atoms with van der Waals surface area (Å²) in [4.78, 5) is 67.6. The van der Waals surface area contributed by atoms with Crippen LogP contribution in [0.3, 0.4) is 0 Å². The molecule has 7 rings (SSSR count). The first-order valence-corrected chi connectivity index (χ1v) is 24.1. The molecule has 0 unspecified atom stereocenters. The third-order valence-corrected chi connectivity index (χ3v) is 14.8. The average molecular weight is 960 g/mol. The number of aryl methyl sites for hydroxylation is 3. The van der Waals surface area contributed by atoms with Gasteiger partial charge in [-0.25, -0.2) is 9.37 Å². The molecule has 2 aromatic carbocycles. The lowest BCUT2D eigenvalue weighted by molar-refractivity contribution is -0.142. The Hall–Kier alpha value is -6.43. The molecule has 17 heteroatoms. The molecule has 5 heterocycles. The molecule has 3 aromatic heterocycles. The highest BCUT2D eigenvalue weighted by atomic mass is 32.1. The highest BCUT2D eigenvalue weighted by molar-refractivity contribution is 7.15. The molecule has 356 valence electrons. The number of nitrogens with one attached hydrogen (secondary N) is 3. The lowest BCUT2D eigenvalue weighted by atomic mass is 9.85. The summed E-state index contributed by atoms with van der Waals surface area (Å²) in [6.07, 6.45) is 4.73. The van der Waals surface area contributed by atoms with Crippen molar-refractivity contribution >= 4 is 57.6 Å². The van der Waals surface area contributed by atoms with Crippen LogP contribution in [0.1, 0.15) is 108 Å². The Morgan fingerprint density at radius 2 is 1.72 bits per heavy atom. The number of likely N-dealkylation sites (tertiary alicyclic amines) is 1. The van der Waals surface area contributed by atoms with Crippen molar-refractivity contribution in [3.8, 4) is 16.1 Å². The number of β-amino-alcohol motifs (C(OH)–C–C–N with tert-alkyl or cyclic N) is 1. The highest BCUT2D eigenvalue weighted by Crippen LogP contribution is 2.40. The normalized spacial score (nSPS) is 18.2. The van der Waals surface area contributed by atoms with E-state index in [-0.39, 0.29) is 36.4 Å². The number of nitrogens with zero attached hydrogens (tertiary/aromatic N) is 6. The van der Waals surface area contributed by atoms with Crippen molar-refractivity contribution in [2.75, 3.05) is 13.6 Å². The number of allylic oxidation sites excluding steroid dienone is 4. The molecule has 2 aliphatic heterocycles. The van der Waals surface area contributed by atoms with E-state index in [1.807, 2.05) is 70.4 Å². The number of aromatic nitrogens is 4. The van der Waals surface area contributed by atoms with Gasteiger partial charge in [0, 0.05) is 53.2 Å². The van der Waals surface area contributed by atoms with Gasteiger partial charge in [0.15, 0.2) is 5.82 Å². The van der Waals surface area contributed by atoms with E-state index in [2.05, 4.69) is 37.7 Å². The molecule has 1 saturated heterocycles. The molecule has 0 spiro atoms. The van der Waals surface area contributed by atoms with E-state index in [1.165, 1.54) is 28.4 Å². The van der Waals surface area contributed by atoms with Gasteiger partial charge in [-0.15, -0.1) is 32.9 Å². The molecule has 0 aliphatic carbocycles. The first-order chi connectivity index (χ1) is 32.2. The minimum absolute atomic E-state index is 0.00372. The van der Waals surface area contributed by atoms with Gasteiger partial charge >= 0.3 is 0 Å². The van der Waals surface area contributed by atoms with E-state index in [1.54, 1.807) is 62.9 Å². The van der Waals surface area contributed by atoms with Crippen LogP contribution in [0.25, 0.3) is 21.7 Å². The van der Waals surface area contributed by atoms with Crippen LogP contribution in [0.5, 0.6) is 0 Å². The van der Waals surface area contributed by atoms with Crippen LogP contribution < -0.4 is 16.0 Å². The summed E-state index contributed by atoms with van der Waals surface area (Å²) in [5, 5.41) is 29.0. The van der Waals surface area contributed by atoms with Crippen LogP contribution in [0.2, 0.25) is 0 Å². The summed E-state index contributed by atoms with van der Waals surface area (Å²) < 4.78 is 18.1. The number of hydrogen-bond acceptors (Lipinski definition) is 11. The zero-order valence-electron chi connectivity index (χ0n) is 40.0. The number of rotatable bonds is 13. The van der Waals surface area contributed by atoms with Crippen LogP contribution >= 0.6 is 22.7 Å². The Morgan fingerprint density at radius 1 is 1.01 bits per heavy atom. The zero-order valence-corrected chi connectivity index (χ0v) is 41.7. The number of fused-ring (bicyclic) bond motifs is 3. The quantitative estimate of drug-likeness (QED) is 0.0867. The van der Waals surface area contributed by atoms with Crippen molar-refractivity contribution in [2.24, 2.45) is 10.4 Å². The number of thiophene rings is 1. The summed E-state index contributed by atoms with van der Waals surface area (Å²) in [5.41, 5.74) is 7.84. The van der Waals surface area contributed by atoms with E-state index in [0.29, 0.717) is 22.9 Å². The van der Waals surface area contributed by atoms with Gasteiger partial charge in [0.1, 0.15) is 34.8 Å². The predicted octanol–water partition coefficient (Wildman–Crippen LogP) is 7.68. The molecule has 0 saturated carbocycles. The van der Waals surface area contributed by atoms with Crippen molar-refractivity contribution in [3.05, 3.63) is 134 Å². The number of aliphatic imine (C=N–C) groups is 1. The third-order valence-electron chi connectivity index (χ3n) is 12.6. The summed E-state index contributed by atoms with van der Waals surface area (Å²) in [6, 6.07) is 8.36. The van der Waals surface area contributed by atoms with E-state index in [0.717, 1.165) is 54.4 Å². The molecular formula is C51H58FN9O5S2. The van der Waals surface area contributed by atoms with Gasteiger partial charge in [0.05, 0.1) is 34.3 Å². The number of aliphatic hydroxyl groups excluding tert-OH is 1. The molecule has 68 heavy (non-hydrogen) atoms. The molecule has 1 fully saturated rings. The maximum atomic E-state index is 16.1. The minimum atomic E-state index is -1.12. The van der Waals surface area contributed by atoms with Crippen molar-refractivity contribution < 1.29 is 28.7 Å². The second-order valence-corrected chi connectivity index (χ2v) is 20.5. The lowest BCUT2D eigenvalue weighted by Crippen LogP contribution is -2.58.